The Kier molecular flexibility index (Phi) is 4.62. The van der Waals surface area contributed by atoms with Crippen LogP contribution in [0.4, 0.5) is 11.4 Å². The molecule has 5 nitrogen and oxygen atoms in total. The number of aliphatic hydroxyl groups excluding tert-OH is 1. The number of likely N-dealkylation sites (tertiary alicyclic amines) is 1. The van der Waals surface area contributed by atoms with Gasteiger partial charge in [-0.25, -0.2) is 0 Å². The number of hydrogen-bond donors (Lipinski definition) is 3. The number of nitrogens with one attached hydrogen (secondary N) is 1. The number of aryl methyl sites for hydroxylation is 1. The van der Waals surface area contributed by atoms with E-state index in [0.717, 1.165) is 30.8 Å². The summed E-state index contributed by atoms with van der Waals surface area (Å²) in [5.74, 6) is 0.238. The first-order valence-corrected chi connectivity index (χ1v) is 7.02. The van der Waals surface area contributed by atoms with Gasteiger partial charge >= 0.3 is 0 Å². The molecule has 1 aromatic rings. The summed E-state index contributed by atoms with van der Waals surface area (Å²) in [6.45, 7) is 5.75. The highest BCUT2D eigenvalue weighted by molar-refractivity contribution is 5.93. The lowest BCUT2D eigenvalue weighted by atomic mass is 10.0. The van der Waals surface area contributed by atoms with Crippen LogP contribution in [0.3, 0.4) is 0 Å². The number of nitrogens with two attached hydrogens (primary N) is 1. The topological polar surface area (TPSA) is 78.6 Å². The molecule has 0 spiro atoms. The maximum absolute atomic E-state index is 12.1. The van der Waals surface area contributed by atoms with Gasteiger partial charge in [-0.2, -0.15) is 0 Å². The summed E-state index contributed by atoms with van der Waals surface area (Å²) < 4.78 is 0. The van der Waals surface area contributed by atoms with Gasteiger partial charge in [0.1, 0.15) is 0 Å². The number of rotatable bonds is 4. The lowest BCUT2D eigenvalue weighted by molar-refractivity contribution is -0.117. The molecule has 0 aromatic heterocycles. The van der Waals surface area contributed by atoms with Crippen LogP contribution >= 0.6 is 0 Å². The Balaban J connectivity index is 1.88. The minimum absolute atomic E-state index is 0.0371. The van der Waals surface area contributed by atoms with Crippen molar-refractivity contribution in [2.75, 3.05) is 30.7 Å². The molecule has 0 bridgehead atoms. The van der Waals surface area contributed by atoms with Crippen LogP contribution in [-0.4, -0.2) is 41.7 Å². The summed E-state index contributed by atoms with van der Waals surface area (Å²) in [6, 6.07) is 5.48. The van der Waals surface area contributed by atoms with Crippen LogP contribution in [0.2, 0.25) is 0 Å². The van der Waals surface area contributed by atoms with Gasteiger partial charge < -0.3 is 16.2 Å². The Bertz CT molecular complexity index is 488. The minimum atomic E-state index is -0.306. The van der Waals surface area contributed by atoms with Crippen molar-refractivity contribution in [3.8, 4) is 0 Å². The Morgan fingerprint density at radius 2 is 2.35 bits per heavy atom. The van der Waals surface area contributed by atoms with Crippen LogP contribution in [0.15, 0.2) is 18.2 Å². The Hall–Kier alpha value is -1.59. The summed E-state index contributed by atoms with van der Waals surface area (Å²) in [4.78, 5) is 14.1. The van der Waals surface area contributed by atoms with Gasteiger partial charge in [0.05, 0.1) is 12.6 Å². The Morgan fingerprint density at radius 1 is 1.60 bits per heavy atom. The fraction of sp³-hybridized carbons (Fsp3) is 0.533. The predicted octanol–water partition coefficient (Wildman–Crippen LogP) is 1.22. The van der Waals surface area contributed by atoms with Crippen molar-refractivity contribution in [1.29, 1.82) is 0 Å². The zero-order valence-electron chi connectivity index (χ0n) is 12.1. The van der Waals surface area contributed by atoms with Crippen LogP contribution in [0.1, 0.15) is 18.9 Å². The van der Waals surface area contributed by atoms with Crippen LogP contribution in [0.5, 0.6) is 0 Å². The maximum atomic E-state index is 12.1. The van der Waals surface area contributed by atoms with E-state index in [9.17, 15) is 9.90 Å². The van der Waals surface area contributed by atoms with Crippen molar-refractivity contribution in [2.45, 2.75) is 26.4 Å². The van der Waals surface area contributed by atoms with E-state index in [1.54, 1.807) is 6.07 Å². The number of hydrogen-bond acceptors (Lipinski definition) is 4. The van der Waals surface area contributed by atoms with Crippen LogP contribution in [0, 0.1) is 12.8 Å². The SMILES string of the molecule is Cc1ccc(N)cc1NC(=O)CN1CCC(C(C)O)C1. The molecule has 2 unspecified atom stereocenters. The summed E-state index contributed by atoms with van der Waals surface area (Å²) in [7, 11) is 0. The first-order valence-electron chi connectivity index (χ1n) is 7.02. The molecule has 1 fully saturated rings. The van der Waals surface area contributed by atoms with Crippen molar-refractivity contribution in [1.82, 2.24) is 4.90 Å². The molecule has 1 saturated heterocycles. The molecule has 0 aliphatic carbocycles. The molecule has 0 radical (unpaired) electrons. The standard InChI is InChI=1S/C15H23N3O2/c1-10-3-4-13(16)7-14(10)17-15(20)9-18-6-5-12(8-18)11(2)19/h3-4,7,11-12,19H,5-6,8-9,16H2,1-2H3,(H,17,20). The van der Waals surface area contributed by atoms with Crippen LogP contribution in [-0.2, 0) is 4.79 Å². The second kappa shape index (κ2) is 6.24. The average Bonchev–Trinajstić information content (AvgIpc) is 2.82. The first-order chi connectivity index (χ1) is 9.45. The number of carbonyl (C=O) groups excluding carboxylic acids is 1. The molecule has 4 N–H and O–H groups in total. The minimum Gasteiger partial charge on any atom is -0.399 e. The fourth-order valence-electron chi connectivity index (χ4n) is 2.57. The molecular formula is C15H23N3O2. The van der Waals surface area contributed by atoms with Gasteiger partial charge in [-0.15, -0.1) is 0 Å². The Morgan fingerprint density at radius 3 is 3.00 bits per heavy atom. The van der Waals surface area contributed by atoms with Gasteiger partial charge in [-0.05, 0) is 50.4 Å². The lowest BCUT2D eigenvalue weighted by Crippen LogP contribution is -2.32. The van der Waals surface area contributed by atoms with Gasteiger partial charge in [-0.3, -0.25) is 9.69 Å². The summed E-state index contributed by atoms with van der Waals surface area (Å²) in [5, 5.41) is 12.5. The maximum Gasteiger partial charge on any atom is 0.238 e. The molecule has 2 atom stereocenters. The second-order valence-corrected chi connectivity index (χ2v) is 5.65. The van der Waals surface area contributed by atoms with E-state index in [-0.39, 0.29) is 17.9 Å². The summed E-state index contributed by atoms with van der Waals surface area (Å²) in [5.41, 5.74) is 8.13. The van der Waals surface area contributed by atoms with Crippen LogP contribution in [0.25, 0.3) is 0 Å². The highest BCUT2D eigenvalue weighted by atomic mass is 16.3. The van der Waals surface area contributed by atoms with Crippen molar-refractivity contribution < 1.29 is 9.90 Å². The molecule has 20 heavy (non-hydrogen) atoms. The normalized spacial score (nSPS) is 20.9. The monoisotopic (exact) mass is 277 g/mol. The van der Waals surface area contributed by atoms with Crippen molar-refractivity contribution in [3.05, 3.63) is 23.8 Å². The van der Waals surface area contributed by atoms with Crippen molar-refractivity contribution in [3.63, 3.8) is 0 Å². The number of anilines is 2. The van der Waals surface area contributed by atoms with Gasteiger partial charge in [0.15, 0.2) is 0 Å². The van der Waals surface area contributed by atoms with E-state index in [0.29, 0.717) is 12.2 Å². The predicted molar refractivity (Wildman–Crippen MR) is 80.4 cm³/mol. The number of nitrogens with zero attached hydrogens (tertiary/aromatic N) is 1. The number of benzene rings is 1. The summed E-state index contributed by atoms with van der Waals surface area (Å²) in [6.07, 6.45) is 0.640. The summed E-state index contributed by atoms with van der Waals surface area (Å²) >= 11 is 0. The number of carbonyl (C=O) groups is 1. The fourth-order valence-corrected chi connectivity index (χ4v) is 2.57. The Labute approximate surface area is 119 Å². The quantitative estimate of drug-likeness (QED) is 0.723. The van der Waals surface area contributed by atoms with E-state index < -0.39 is 0 Å². The largest absolute Gasteiger partial charge is 0.399 e. The third-order valence-corrected chi connectivity index (χ3v) is 3.89. The molecular weight excluding hydrogens is 254 g/mol. The molecule has 2 rings (SSSR count). The highest BCUT2D eigenvalue weighted by Gasteiger charge is 2.27. The number of amides is 1. The molecule has 1 amide bonds. The molecule has 1 aliphatic rings. The number of aliphatic hydroxyl groups is 1. The number of nitrogen functional groups attached to an aromatic ring is 1. The smallest absolute Gasteiger partial charge is 0.238 e. The van der Waals surface area contributed by atoms with Gasteiger partial charge in [-0.1, -0.05) is 6.07 Å². The molecule has 1 heterocycles. The molecule has 5 heteroatoms. The lowest BCUT2D eigenvalue weighted by Gasteiger charge is -2.17. The molecule has 0 saturated carbocycles. The average molecular weight is 277 g/mol. The second-order valence-electron chi connectivity index (χ2n) is 5.65. The zero-order valence-corrected chi connectivity index (χ0v) is 12.1. The van der Waals surface area contributed by atoms with Crippen LogP contribution < -0.4 is 11.1 Å². The van der Waals surface area contributed by atoms with E-state index in [1.807, 2.05) is 26.0 Å². The zero-order chi connectivity index (χ0) is 14.7. The van der Waals surface area contributed by atoms with E-state index in [1.165, 1.54) is 0 Å². The van der Waals surface area contributed by atoms with Gasteiger partial charge in [0.2, 0.25) is 5.91 Å². The van der Waals surface area contributed by atoms with Gasteiger partial charge in [0, 0.05) is 17.9 Å². The first kappa shape index (κ1) is 14.8. The third kappa shape index (κ3) is 3.71. The molecule has 1 aliphatic heterocycles. The molecule has 1 aromatic carbocycles. The van der Waals surface area contributed by atoms with E-state index in [2.05, 4.69) is 10.2 Å². The third-order valence-electron chi connectivity index (χ3n) is 3.89. The highest BCUT2D eigenvalue weighted by Crippen LogP contribution is 2.20. The van der Waals surface area contributed by atoms with Crippen molar-refractivity contribution >= 4 is 17.3 Å². The van der Waals surface area contributed by atoms with Gasteiger partial charge in [0.25, 0.3) is 0 Å². The van der Waals surface area contributed by atoms with E-state index >= 15 is 0 Å². The van der Waals surface area contributed by atoms with Crippen molar-refractivity contribution in [2.24, 2.45) is 5.92 Å². The molecule has 110 valence electrons. The van der Waals surface area contributed by atoms with E-state index in [4.69, 9.17) is 5.73 Å².